The molecule has 2 aliphatic heterocycles. The van der Waals surface area contributed by atoms with Crippen molar-refractivity contribution >= 4 is 5.91 Å². The number of carbonyl (C=O) groups excluding carboxylic acids is 1. The van der Waals surface area contributed by atoms with Gasteiger partial charge < -0.3 is 14.2 Å². The molecule has 3 heterocycles. The van der Waals surface area contributed by atoms with Gasteiger partial charge in [-0.15, -0.1) is 0 Å². The van der Waals surface area contributed by atoms with Gasteiger partial charge in [0.05, 0.1) is 31.4 Å². The molecule has 1 amide bonds. The second-order valence-electron chi connectivity index (χ2n) is 7.04. The number of nitrogens with zero attached hydrogens (tertiary/aromatic N) is 4. The minimum absolute atomic E-state index is 0.00663. The van der Waals surface area contributed by atoms with Gasteiger partial charge in [-0.25, -0.2) is 13.8 Å². The monoisotopic (exact) mass is 362 g/mol. The molecule has 2 aliphatic rings. The van der Waals surface area contributed by atoms with Crippen molar-refractivity contribution in [2.24, 2.45) is 0 Å². The average molecular weight is 362 g/mol. The van der Waals surface area contributed by atoms with Crippen LogP contribution in [0.4, 0.5) is 8.78 Å². The first-order valence-electron chi connectivity index (χ1n) is 8.45. The number of benzene rings is 1. The van der Waals surface area contributed by atoms with Crippen molar-refractivity contribution in [3.8, 4) is 0 Å². The van der Waals surface area contributed by atoms with Gasteiger partial charge in [0.25, 0.3) is 5.91 Å². The first kappa shape index (κ1) is 17.1. The number of imidazole rings is 1. The number of hydrogen-bond donors (Lipinski definition) is 0. The summed E-state index contributed by atoms with van der Waals surface area (Å²) in [5, 5.41) is 0. The standard InChI is InChI=1S/C18H20F2N4O2/c1-22(2)17(25)12-5-14(19)13(15(20)6-12)8-24-4-3-23-11-21-7-16(23)18(24)9-26-10-18/h5-7,11H,3-4,8-10H2,1-2H3. The molecule has 0 aliphatic carbocycles. The van der Waals surface area contributed by atoms with Crippen molar-refractivity contribution in [1.29, 1.82) is 0 Å². The number of ether oxygens (including phenoxy) is 1. The van der Waals surface area contributed by atoms with Gasteiger partial charge in [0.15, 0.2) is 0 Å². The van der Waals surface area contributed by atoms with Crippen LogP contribution in [0.1, 0.15) is 21.6 Å². The number of fused-ring (bicyclic) bond motifs is 2. The van der Waals surface area contributed by atoms with Crippen LogP contribution < -0.4 is 0 Å². The highest BCUT2D eigenvalue weighted by Crippen LogP contribution is 2.39. The zero-order valence-corrected chi connectivity index (χ0v) is 14.7. The van der Waals surface area contributed by atoms with Crippen LogP contribution in [-0.2, 0) is 23.4 Å². The van der Waals surface area contributed by atoms with E-state index in [0.29, 0.717) is 26.3 Å². The largest absolute Gasteiger partial charge is 0.377 e. The minimum Gasteiger partial charge on any atom is -0.377 e. The van der Waals surface area contributed by atoms with Crippen LogP contribution in [0.5, 0.6) is 0 Å². The summed E-state index contributed by atoms with van der Waals surface area (Å²) < 4.78 is 36.7. The molecule has 0 radical (unpaired) electrons. The fourth-order valence-electron chi connectivity index (χ4n) is 3.67. The lowest BCUT2D eigenvalue weighted by molar-refractivity contribution is -0.163. The molecule has 0 N–H and O–H groups in total. The molecule has 1 spiro atoms. The highest BCUT2D eigenvalue weighted by Gasteiger charge is 2.50. The van der Waals surface area contributed by atoms with Crippen LogP contribution in [0.15, 0.2) is 24.7 Å². The number of rotatable bonds is 3. The molecule has 2 aromatic rings. The summed E-state index contributed by atoms with van der Waals surface area (Å²) >= 11 is 0. The summed E-state index contributed by atoms with van der Waals surface area (Å²) in [5.41, 5.74) is 0.591. The smallest absolute Gasteiger partial charge is 0.253 e. The van der Waals surface area contributed by atoms with E-state index in [-0.39, 0.29) is 17.7 Å². The molecule has 1 aromatic heterocycles. The Morgan fingerprint density at radius 3 is 2.54 bits per heavy atom. The van der Waals surface area contributed by atoms with Gasteiger partial charge in [-0.2, -0.15) is 0 Å². The van der Waals surface area contributed by atoms with E-state index in [1.807, 2.05) is 4.90 Å². The van der Waals surface area contributed by atoms with Crippen molar-refractivity contribution in [3.05, 3.63) is 53.1 Å². The Bertz CT molecular complexity index is 838. The number of aromatic nitrogens is 2. The second kappa shape index (κ2) is 6.14. The van der Waals surface area contributed by atoms with E-state index in [1.54, 1.807) is 26.6 Å². The summed E-state index contributed by atoms with van der Waals surface area (Å²) in [4.78, 5) is 19.5. The van der Waals surface area contributed by atoms with Crippen molar-refractivity contribution in [2.45, 2.75) is 18.6 Å². The SMILES string of the molecule is CN(C)C(=O)c1cc(F)c(CN2CCn3cncc3C23COC3)c(F)c1. The Morgan fingerprint density at radius 2 is 1.96 bits per heavy atom. The van der Waals surface area contributed by atoms with Gasteiger partial charge in [-0.1, -0.05) is 0 Å². The zero-order chi connectivity index (χ0) is 18.5. The first-order chi connectivity index (χ1) is 12.4. The molecule has 0 atom stereocenters. The highest BCUT2D eigenvalue weighted by atomic mass is 19.1. The highest BCUT2D eigenvalue weighted by molar-refractivity contribution is 5.93. The maximum atomic E-state index is 14.6. The van der Waals surface area contributed by atoms with Crippen LogP contribution in [-0.4, -0.2) is 59.1 Å². The third-order valence-electron chi connectivity index (χ3n) is 5.23. The maximum absolute atomic E-state index is 14.6. The van der Waals surface area contributed by atoms with E-state index >= 15 is 0 Å². The van der Waals surface area contributed by atoms with Crippen LogP contribution >= 0.6 is 0 Å². The lowest BCUT2D eigenvalue weighted by Crippen LogP contribution is -2.62. The van der Waals surface area contributed by atoms with Crippen molar-refractivity contribution in [3.63, 3.8) is 0 Å². The van der Waals surface area contributed by atoms with Gasteiger partial charge in [0.1, 0.15) is 17.2 Å². The Hall–Kier alpha value is -2.32. The summed E-state index contributed by atoms with van der Waals surface area (Å²) in [7, 11) is 3.09. The average Bonchev–Trinajstić information content (AvgIpc) is 3.04. The Kier molecular flexibility index (Phi) is 4.04. The van der Waals surface area contributed by atoms with Gasteiger partial charge in [-0.05, 0) is 12.1 Å². The molecule has 0 saturated carbocycles. The van der Waals surface area contributed by atoms with Crippen LogP contribution in [0.2, 0.25) is 0 Å². The quantitative estimate of drug-likeness (QED) is 0.832. The van der Waals surface area contributed by atoms with Gasteiger partial charge in [0, 0.05) is 44.9 Å². The first-order valence-corrected chi connectivity index (χ1v) is 8.45. The van der Waals surface area contributed by atoms with E-state index < -0.39 is 23.1 Å². The molecule has 6 nitrogen and oxygen atoms in total. The predicted molar refractivity (Wildman–Crippen MR) is 89.5 cm³/mol. The molecule has 26 heavy (non-hydrogen) atoms. The summed E-state index contributed by atoms with van der Waals surface area (Å²) in [6.45, 7) is 2.41. The lowest BCUT2D eigenvalue weighted by atomic mass is 9.88. The van der Waals surface area contributed by atoms with E-state index in [9.17, 15) is 13.6 Å². The van der Waals surface area contributed by atoms with Crippen LogP contribution in [0.3, 0.4) is 0 Å². The maximum Gasteiger partial charge on any atom is 0.253 e. The molecule has 0 bridgehead atoms. The lowest BCUT2D eigenvalue weighted by Gasteiger charge is -2.52. The van der Waals surface area contributed by atoms with E-state index in [2.05, 4.69) is 9.55 Å². The van der Waals surface area contributed by atoms with Gasteiger partial charge >= 0.3 is 0 Å². The fraction of sp³-hybridized carbons (Fsp3) is 0.444. The molecular formula is C18H20F2N4O2. The van der Waals surface area contributed by atoms with Gasteiger partial charge in [0.2, 0.25) is 0 Å². The molecule has 8 heteroatoms. The third-order valence-corrected chi connectivity index (χ3v) is 5.23. The second-order valence-corrected chi connectivity index (χ2v) is 7.04. The molecule has 138 valence electrons. The zero-order valence-electron chi connectivity index (χ0n) is 14.7. The molecule has 1 saturated heterocycles. The number of carbonyl (C=O) groups is 1. The fourth-order valence-corrected chi connectivity index (χ4v) is 3.67. The topological polar surface area (TPSA) is 50.6 Å². The minimum atomic E-state index is -0.704. The molecular weight excluding hydrogens is 342 g/mol. The summed E-state index contributed by atoms with van der Waals surface area (Å²) in [6.07, 6.45) is 3.57. The summed E-state index contributed by atoms with van der Waals surface area (Å²) in [5.74, 6) is -1.84. The Labute approximate surface area is 150 Å². The number of halogens is 2. The van der Waals surface area contributed by atoms with Crippen LogP contribution in [0.25, 0.3) is 0 Å². The number of amides is 1. The normalized spacial score (nSPS) is 18.5. The predicted octanol–water partition coefficient (Wildman–Crippen LogP) is 1.60. The molecule has 1 aromatic carbocycles. The molecule has 1 fully saturated rings. The van der Waals surface area contributed by atoms with Gasteiger partial charge in [-0.3, -0.25) is 9.69 Å². The third kappa shape index (κ3) is 2.52. The van der Waals surface area contributed by atoms with Crippen LogP contribution in [0, 0.1) is 11.6 Å². The number of hydrogen-bond acceptors (Lipinski definition) is 4. The van der Waals surface area contributed by atoms with E-state index in [4.69, 9.17) is 4.74 Å². The summed E-state index contributed by atoms with van der Waals surface area (Å²) in [6, 6.07) is 2.22. The molecule has 4 rings (SSSR count). The van der Waals surface area contributed by atoms with Crippen molar-refractivity contribution in [1.82, 2.24) is 19.4 Å². The van der Waals surface area contributed by atoms with Crippen molar-refractivity contribution < 1.29 is 18.3 Å². The van der Waals surface area contributed by atoms with E-state index in [0.717, 1.165) is 17.8 Å². The van der Waals surface area contributed by atoms with Crippen molar-refractivity contribution in [2.75, 3.05) is 33.9 Å². The molecule has 0 unspecified atom stereocenters. The van der Waals surface area contributed by atoms with E-state index in [1.165, 1.54) is 4.90 Å². The Balaban J connectivity index is 1.65. The Morgan fingerprint density at radius 1 is 1.27 bits per heavy atom.